The number of anilines is 3. The monoisotopic (exact) mass is 833 g/mol. The summed E-state index contributed by atoms with van der Waals surface area (Å²) in [5.74, 6) is 1.59. The van der Waals surface area contributed by atoms with Crippen molar-refractivity contribution in [2.75, 3.05) is 4.90 Å². The minimum absolute atomic E-state index is 0.624. The van der Waals surface area contributed by atoms with Crippen molar-refractivity contribution in [1.82, 2.24) is 0 Å². The van der Waals surface area contributed by atoms with E-state index in [1.165, 1.54) is 50.1 Å². The molecule has 0 aliphatic heterocycles. The van der Waals surface area contributed by atoms with Crippen molar-refractivity contribution < 1.29 is 9.15 Å². The maximum atomic E-state index is 6.68. The summed E-state index contributed by atoms with van der Waals surface area (Å²) in [6.45, 7) is 2.14. The summed E-state index contributed by atoms with van der Waals surface area (Å²) >= 11 is 0. The lowest BCUT2D eigenvalue weighted by molar-refractivity contribution is 0.484. The van der Waals surface area contributed by atoms with Crippen molar-refractivity contribution in [1.29, 1.82) is 0 Å². The first-order valence-corrected chi connectivity index (χ1v) is 22.2. The van der Waals surface area contributed by atoms with Gasteiger partial charge in [0.25, 0.3) is 0 Å². The second-order valence-electron chi connectivity index (χ2n) is 16.9. The number of ether oxygens (including phenoxy) is 1. The van der Waals surface area contributed by atoms with E-state index in [2.05, 4.69) is 236 Å². The van der Waals surface area contributed by atoms with Crippen molar-refractivity contribution >= 4 is 39.0 Å². The molecule has 0 radical (unpaired) electrons. The van der Waals surface area contributed by atoms with Crippen LogP contribution in [0.2, 0.25) is 0 Å². The van der Waals surface area contributed by atoms with Crippen molar-refractivity contribution in [2.45, 2.75) is 12.3 Å². The summed E-state index contributed by atoms with van der Waals surface area (Å²) in [7, 11) is 0. The van der Waals surface area contributed by atoms with Gasteiger partial charge in [0.05, 0.1) is 5.41 Å². The molecular formula is C62H43NO2. The van der Waals surface area contributed by atoms with E-state index in [0.717, 1.165) is 61.6 Å². The Morgan fingerprint density at radius 3 is 1.75 bits per heavy atom. The third kappa shape index (κ3) is 6.43. The quantitative estimate of drug-likeness (QED) is 0.145. The lowest BCUT2D eigenvalue weighted by atomic mass is 9.67. The molecule has 3 nitrogen and oxygen atoms in total. The molecule has 10 aromatic carbocycles. The Balaban J connectivity index is 1.03. The molecule has 1 aromatic heterocycles. The van der Waals surface area contributed by atoms with Gasteiger partial charge in [-0.05, 0) is 135 Å². The van der Waals surface area contributed by atoms with E-state index in [1.54, 1.807) is 0 Å². The zero-order valence-corrected chi connectivity index (χ0v) is 35.9. The highest BCUT2D eigenvalue weighted by molar-refractivity contribution is 6.05. The predicted octanol–water partition coefficient (Wildman–Crippen LogP) is 16.9. The molecule has 1 aliphatic rings. The maximum Gasteiger partial charge on any atom is 0.135 e. The molecular weight excluding hydrogens is 791 g/mol. The third-order valence-electron chi connectivity index (χ3n) is 13.2. The Morgan fingerprint density at radius 1 is 0.385 bits per heavy atom. The third-order valence-corrected chi connectivity index (χ3v) is 13.2. The molecule has 1 atom stereocenters. The van der Waals surface area contributed by atoms with Crippen LogP contribution < -0.4 is 9.64 Å². The van der Waals surface area contributed by atoms with Crippen LogP contribution in [0.4, 0.5) is 17.1 Å². The number of rotatable bonds is 9. The Morgan fingerprint density at radius 2 is 0.969 bits per heavy atom. The largest absolute Gasteiger partial charge is 0.457 e. The van der Waals surface area contributed by atoms with Crippen LogP contribution in [-0.2, 0) is 5.41 Å². The maximum absolute atomic E-state index is 6.68. The van der Waals surface area contributed by atoms with Crippen LogP contribution in [0.5, 0.6) is 11.5 Å². The summed E-state index contributed by atoms with van der Waals surface area (Å²) < 4.78 is 13.1. The summed E-state index contributed by atoms with van der Waals surface area (Å²) in [4.78, 5) is 2.37. The van der Waals surface area contributed by atoms with E-state index >= 15 is 0 Å². The predicted molar refractivity (Wildman–Crippen MR) is 268 cm³/mol. The Kier molecular flexibility index (Phi) is 9.28. The van der Waals surface area contributed by atoms with Gasteiger partial charge in [-0.2, -0.15) is 0 Å². The van der Waals surface area contributed by atoms with Crippen LogP contribution in [-0.4, -0.2) is 0 Å². The molecule has 1 heterocycles. The molecule has 1 aliphatic carbocycles. The molecule has 0 amide bonds. The fourth-order valence-corrected chi connectivity index (χ4v) is 10.2. The van der Waals surface area contributed by atoms with Crippen molar-refractivity contribution in [3.05, 3.63) is 270 Å². The van der Waals surface area contributed by atoms with E-state index in [1.807, 2.05) is 18.2 Å². The first-order valence-electron chi connectivity index (χ1n) is 22.2. The average Bonchev–Trinajstić information content (AvgIpc) is 3.89. The topological polar surface area (TPSA) is 25.6 Å². The number of hydrogen-bond donors (Lipinski definition) is 0. The SMILES string of the molecule is Cc1ccccc1-c1ccccc1Oc1ccc(N(c2ccc(-c3ccccc3)cc2)c2ccc3c(c2)C(c2ccccc2)(c2ccc4oc5ccccc5c4c2)c2ccccc2-3)cc1. The molecule has 0 bridgehead atoms. The molecule has 0 fully saturated rings. The molecule has 0 spiro atoms. The van der Waals surface area contributed by atoms with Gasteiger partial charge in [-0.1, -0.05) is 170 Å². The normalized spacial score (nSPS) is 14.0. The molecule has 11 aromatic rings. The van der Waals surface area contributed by atoms with Crippen molar-refractivity contribution in [3.8, 4) is 44.9 Å². The summed E-state index contributed by atoms with van der Waals surface area (Å²) in [6.07, 6.45) is 0. The Hall–Kier alpha value is -8.40. The van der Waals surface area contributed by atoms with Crippen LogP contribution in [0.25, 0.3) is 55.3 Å². The van der Waals surface area contributed by atoms with Gasteiger partial charge >= 0.3 is 0 Å². The van der Waals surface area contributed by atoms with Gasteiger partial charge in [0.15, 0.2) is 0 Å². The lowest BCUT2D eigenvalue weighted by Gasteiger charge is -2.35. The Labute approximate surface area is 379 Å². The minimum Gasteiger partial charge on any atom is -0.457 e. The smallest absolute Gasteiger partial charge is 0.135 e. The molecule has 65 heavy (non-hydrogen) atoms. The van der Waals surface area contributed by atoms with Crippen LogP contribution in [0.15, 0.2) is 247 Å². The highest BCUT2D eigenvalue weighted by Gasteiger charge is 2.46. The number of fused-ring (bicyclic) bond motifs is 6. The van der Waals surface area contributed by atoms with E-state index in [9.17, 15) is 0 Å². The molecule has 3 heteroatoms. The fourth-order valence-electron chi connectivity index (χ4n) is 10.2. The standard InChI is InChI=1S/C62H43NO2/c1-42-16-8-9-21-51(42)54-23-11-14-26-59(54)64-50-36-33-48(34-37-50)63(47-31-28-44(29-32-47)43-17-4-2-5-18-43)49-35-38-53-52-22-10-13-25-57(52)62(58(53)41-49,45-19-6-3-7-20-45)46-30-39-61-56(40-46)55-24-12-15-27-60(55)65-61/h2-41H,1H3. The summed E-state index contributed by atoms with van der Waals surface area (Å²) in [6, 6.07) is 86.8. The molecule has 1 unspecified atom stereocenters. The highest BCUT2D eigenvalue weighted by atomic mass is 16.5. The van der Waals surface area contributed by atoms with Crippen molar-refractivity contribution in [3.63, 3.8) is 0 Å². The number of benzene rings is 10. The van der Waals surface area contributed by atoms with Gasteiger partial charge in [0.1, 0.15) is 22.7 Å². The van der Waals surface area contributed by atoms with Crippen molar-refractivity contribution in [2.24, 2.45) is 0 Å². The van der Waals surface area contributed by atoms with E-state index in [0.29, 0.717) is 0 Å². The van der Waals surface area contributed by atoms with Gasteiger partial charge in [-0.25, -0.2) is 0 Å². The number of hydrogen-bond acceptors (Lipinski definition) is 3. The van der Waals surface area contributed by atoms with E-state index in [4.69, 9.17) is 9.15 Å². The molecule has 0 saturated heterocycles. The van der Waals surface area contributed by atoms with Crippen LogP contribution in [0.1, 0.15) is 27.8 Å². The van der Waals surface area contributed by atoms with Crippen LogP contribution in [0, 0.1) is 6.92 Å². The van der Waals surface area contributed by atoms with Crippen LogP contribution in [0.3, 0.4) is 0 Å². The van der Waals surface area contributed by atoms with Gasteiger partial charge in [0, 0.05) is 33.4 Å². The second kappa shape index (κ2) is 15.7. The average molecular weight is 834 g/mol. The molecule has 308 valence electrons. The first-order chi connectivity index (χ1) is 32.1. The first kappa shape index (κ1) is 38.3. The van der Waals surface area contributed by atoms with Gasteiger partial charge in [-0.3, -0.25) is 0 Å². The Bertz CT molecular complexity index is 3520. The number of para-hydroxylation sites is 2. The number of aryl methyl sites for hydroxylation is 1. The molecule has 12 rings (SSSR count). The van der Waals surface area contributed by atoms with Crippen LogP contribution >= 0.6 is 0 Å². The van der Waals surface area contributed by atoms with E-state index in [-0.39, 0.29) is 0 Å². The summed E-state index contributed by atoms with van der Waals surface area (Å²) in [5.41, 5.74) is 17.4. The van der Waals surface area contributed by atoms with Gasteiger partial charge in [-0.15, -0.1) is 0 Å². The highest BCUT2D eigenvalue weighted by Crippen LogP contribution is 2.58. The zero-order chi connectivity index (χ0) is 43.3. The summed E-state index contributed by atoms with van der Waals surface area (Å²) in [5, 5.41) is 2.23. The lowest BCUT2D eigenvalue weighted by Crippen LogP contribution is -2.28. The van der Waals surface area contributed by atoms with Gasteiger partial charge < -0.3 is 14.1 Å². The number of furan rings is 1. The zero-order valence-electron chi connectivity index (χ0n) is 35.9. The van der Waals surface area contributed by atoms with E-state index < -0.39 is 5.41 Å². The fraction of sp³-hybridized carbons (Fsp3) is 0.0323. The second-order valence-corrected chi connectivity index (χ2v) is 16.9. The number of nitrogens with zero attached hydrogens (tertiary/aromatic N) is 1. The molecule has 0 saturated carbocycles. The van der Waals surface area contributed by atoms with Gasteiger partial charge in [0.2, 0.25) is 0 Å². The molecule has 0 N–H and O–H groups in total. The minimum atomic E-state index is -0.624.